The first-order valence-corrected chi connectivity index (χ1v) is 13.9. The molecule has 0 saturated carbocycles. The van der Waals surface area contributed by atoms with Crippen LogP contribution in [-0.2, 0) is 36.5 Å². The maximum atomic E-state index is 11.9. The van der Waals surface area contributed by atoms with E-state index < -0.39 is 6.04 Å². The Labute approximate surface area is 271 Å². The molecule has 4 heterocycles. The molecule has 2 aliphatic heterocycles. The summed E-state index contributed by atoms with van der Waals surface area (Å²) in [5.74, 6) is -0.0777. The first kappa shape index (κ1) is 33.3. The second kappa shape index (κ2) is 15.0. The molecule has 188 valence electrons. The Kier molecular flexibility index (Phi) is 13.9. The molecular formula is C20H24I3N10NaO2. The van der Waals surface area contributed by atoms with Gasteiger partial charge in [-0.1, -0.05) is 27.7 Å². The number of hydrogen-bond donors (Lipinski definition) is 2. The maximum absolute atomic E-state index is 11.9. The standard InChI is InChI=1S/C10H12I2N2O.C10H12IN5O.N3.Na/c1-5-8-7(14(2)9(5)12)4-3-6(11)10(15)13-8;1-5-8-7(16(2)9(5)11)4-3-6(14-15-12)10(17)13-8;1-3-2;/h6H,3-4H2,1-2H3,(H,13,15);6H,3-4H2,1-2H3,(H,13,17);;/q;;-1;+1. The predicted molar refractivity (Wildman–Crippen MR) is 160 cm³/mol. The van der Waals surface area contributed by atoms with Gasteiger partial charge in [0.1, 0.15) is 6.04 Å². The third kappa shape index (κ3) is 7.45. The van der Waals surface area contributed by atoms with Crippen LogP contribution in [-0.4, -0.2) is 30.9 Å². The predicted octanol–water partition coefficient (Wildman–Crippen LogP) is 3.00. The fourth-order valence-corrected chi connectivity index (χ4v) is 5.60. The molecule has 2 aromatic heterocycles. The van der Waals surface area contributed by atoms with Crippen molar-refractivity contribution in [3.63, 3.8) is 0 Å². The number of nitrogens with zero attached hydrogens (tertiary/aromatic N) is 8. The van der Waals surface area contributed by atoms with Crippen LogP contribution in [0.2, 0.25) is 0 Å². The molecular weight excluding hydrogens is 816 g/mol. The second-order valence-electron chi connectivity index (χ2n) is 7.93. The van der Waals surface area contributed by atoms with Gasteiger partial charge in [-0.2, -0.15) is 0 Å². The maximum Gasteiger partial charge on any atom is 1.00 e. The minimum atomic E-state index is -0.607. The summed E-state index contributed by atoms with van der Waals surface area (Å²) in [4.78, 5) is 27.8. The van der Waals surface area contributed by atoms with Crippen LogP contribution in [0, 0.1) is 21.2 Å². The fraction of sp³-hybridized carbons (Fsp3) is 0.500. The van der Waals surface area contributed by atoms with E-state index in [9.17, 15) is 9.59 Å². The van der Waals surface area contributed by atoms with Crippen LogP contribution in [0.5, 0.6) is 0 Å². The fourth-order valence-electron chi connectivity index (χ4n) is 4.01. The number of alkyl halides is 1. The summed E-state index contributed by atoms with van der Waals surface area (Å²) in [7, 11) is 4.04. The Morgan fingerprint density at radius 1 is 0.889 bits per heavy atom. The number of halogens is 3. The zero-order chi connectivity index (χ0) is 26.4. The number of rotatable bonds is 1. The van der Waals surface area contributed by atoms with Crippen molar-refractivity contribution in [1.82, 2.24) is 9.13 Å². The van der Waals surface area contributed by atoms with Gasteiger partial charge in [-0.25, -0.2) is 0 Å². The number of amides is 2. The first-order valence-electron chi connectivity index (χ1n) is 10.5. The van der Waals surface area contributed by atoms with Crippen molar-refractivity contribution in [2.75, 3.05) is 10.6 Å². The van der Waals surface area contributed by atoms with Gasteiger partial charge in [0.2, 0.25) is 11.8 Å². The monoisotopic (exact) mass is 840 g/mol. The van der Waals surface area contributed by atoms with E-state index in [0.717, 1.165) is 45.6 Å². The van der Waals surface area contributed by atoms with Gasteiger partial charge >= 0.3 is 29.6 Å². The van der Waals surface area contributed by atoms with Crippen molar-refractivity contribution >= 4 is 91.0 Å². The molecule has 2 aliphatic rings. The normalized spacial score (nSPS) is 17.9. The zero-order valence-electron chi connectivity index (χ0n) is 20.5. The molecule has 2 amide bonds. The van der Waals surface area contributed by atoms with E-state index in [4.69, 9.17) is 16.6 Å². The average Bonchev–Trinajstić information content (AvgIpc) is 3.01. The van der Waals surface area contributed by atoms with Gasteiger partial charge in [-0.3, -0.25) is 14.5 Å². The molecule has 12 nitrogen and oxygen atoms in total. The van der Waals surface area contributed by atoms with Gasteiger partial charge in [0.05, 0.1) is 22.7 Å². The van der Waals surface area contributed by atoms with Crippen LogP contribution in [0.1, 0.15) is 35.4 Å². The summed E-state index contributed by atoms with van der Waals surface area (Å²) in [6.07, 6.45) is 3.18. The quantitative estimate of drug-likeness (QED) is 0.112. The van der Waals surface area contributed by atoms with E-state index >= 15 is 0 Å². The third-order valence-corrected chi connectivity index (χ3v) is 10.2. The van der Waals surface area contributed by atoms with Crippen LogP contribution in [0.25, 0.3) is 26.4 Å². The molecule has 4 rings (SSSR count). The van der Waals surface area contributed by atoms with Gasteiger partial charge in [0, 0.05) is 41.5 Å². The number of nitrogens with one attached hydrogen (secondary N) is 2. The minimum Gasteiger partial charge on any atom is -0.373 e. The van der Waals surface area contributed by atoms with Crippen molar-refractivity contribution in [2.24, 2.45) is 19.2 Å². The van der Waals surface area contributed by atoms with Crippen molar-refractivity contribution in [3.05, 3.63) is 56.3 Å². The Bertz CT molecular complexity index is 1230. The summed E-state index contributed by atoms with van der Waals surface area (Å²) in [5, 5.41) is 9.41. The smallest absolute Gasteiger partial charge is 0.373 e. The largest absolute Gasteiger partial charge is 1.00 e. The molecule has 2 atom stereocenters. The molecule has 0 aromatic carbocycles. The average molecular weight is 840 g/mol. The summed E-state index contributed by atoms with van der Waals surface area (Å²) in [6.45, 7) is 4.04. The molecule has 0 aliphatic carbocycles. The second-order valence-corrected chi connectivity index (χ2v) is 11.5. The van der Waals surface area contributed by atoms with E-state index in [-0.39, 0.29) is 45.3 Å². The van der Waals surface area contributed by atoms with Crippen molar-refractivity contribution in [2.45, 2.75) is 49.5 Å². The number of carbonyl (C=O) groups is 2. The summed E-state index contributed by atoms with van der Waals surface area (Å²) in [5.41, 5.74) is 28.4. The van der Waals surface area contributed by atoms with E-state index in [2.05, 4.69) is 112 Å². The van der Waals surface area contributed by atoms with Crippen LogP contribution in [0.4, 0.5) is 11.4 Å². The van der Waals surface area contributed by atoms with Gasteiger partial charge in [0.15, 0.2) is 0 Å². The van der Waals surface area contributed by atoms with Crippen LogP contribution < -0.4 is 40.2 Å². The Morgan fingerprint density at radius 3 is 1.75 bits per heavy atom. The van der Waals surface area contributed by atoms with Crippen molar-refractivity contribution < 1.29 is 39.1 Å². The number of fused-ring (bicyclic) bond motifs is 2. The molecule has 36 heavy (non-hydrogen) atoms. The Hall–Kier alpha value is -0.690. The van der Waals surface area contributed by atoms with Gasteiger partial charge in [0.25, 0.3) is 0 Å². The third-order valence-electron chi connectivity index (χ3n) is 5.91. The topological polar surface area (TPSA) is 176 Å². The molecule has 0 radical (unpaired) electrons. The summed E-state index contributed by atoms with van der Waals surface area (Å²) in [6, 6.07) is -0.607. The molecule has 0 bridgehead atoms. The summed E-state index contributed by atoms with van der Waals surface area (Å²) < 4.78 is 6.68. The van der Waals surface area contributed by atoms with Crippen molar-refractivity contribution in [3.8, 4) is 0 Å². The van der Waals surface area contributed by atoms with Crippen LogP contribution in [0.3, 0.4) is 0 Å². The Morgan fingerprint density at radius 2 is 1.31 bits per heavy atom. The molecule has 0 spiro atoms. The van der Waals surface area contributed by atoms with Gasteiger partial charge < -0.3 is 30.8 Å². The first-order chi connectivity index (χ1) is 16.5. The molecule has 2 aromatic rings. The van der Waals surface area contributed by atoms with E-state index in [0.29, 0.717) is 6.42 Å². The van der Waals surface area contributed by atoms with Crippen LogP contribution >= 0.6 is 67.8 Å². The summed E-state index contributed by atoms with van der Waals surface area (Å²) >= 11 is 6.80. The van der Waals surface area contributed by atoms with Crippen LogP contribution in [0.15, 0.2) is 5.11 Å². The molecule has 0 saturated heterocycles. The number of aromatic nitrogens is 2. The van der Waals surface area contributed by atoms with E-state index in [1.165, 1.54) is 19.9 Å². The Balaban J connectivity index is 0.000000319. The zero-order valence-corrected chi connectivity index (χ0v) is 29.0. The molecule has 2 unspecified atom stereocenters. The SMILES string of the molecule is Cc1c2c(n(C)c1I)CCC(I)C(=O)N2.Cc1c2c(n(C)c1I)CCC(N=[N+]=[N-])C(=O)N2.[N-]=[N+]=[N-].[Na+]. The number of hydrogen-bond acceptors (Lipinski definition) is 3. The number of carbonyl (C=O) groups excluding carboxylic acids is 2. The number of anilines is 2. The molecule has 0 fully saturated rings. The van der Waals surface area contributed by atoms with E-state index in [1.54, 1.807) is 0 Å². The molecule has 16 heteroatoms. The van der Waals surface area contributed by atoms with E-state index in [1.807, 2.05) is 14.0 Å². The number of azide groups is 1. The minimum absolute atomic E-state index is 0. The van der Waals surface area contributed by atoms with Gasteiger partial charge in [-0.15, -0.1) is 0 Å². The van der Waals surface area contributed by atoms with Crippen molar-refractivity contribution in [1.29, 1.82) is 0 Å². The van der Waals surface area contributed by atoms with Gasteiger partial charge in [-0.05, 0) is 90.2 Å². The molecule has 2 N–H and O–H groups in total.